The monoisotopic (exact) mass is 643 g/mol. The Morgan fingerprint density at radius 2 is 1.81 bits per heavy atom. The molecular weight excluding hydrogens is 612 g/mol. The van der Waals surface area contributed by atoms with Gasteiger partial charge in [0.1, 0.15) is 28.9 Å². The third-order valence-electron chi connectivity index (χ3n) is 6.13. The largest absolute Gasteiger partial charge is 0.467 e. The second-order valence-electron chi connectivity index (χ2n) is 9.73. The van der Waals surface area contributed by atoms with E-state index in [4.69, 9.17) is 30.6 Å². The van der Waals surface area contributed by atoms with Crippen molar-refractivity contribution in [3.05, 3.63) is 82.3 Å². The summed E-state index contributed by atoms with van der Waals surface area (Å²) in [6, 6.07) is 7.37. The maximum Gasteiger partial charge on any atom is 0.340 e. The van der Waals surface area contributed by atoms with Crippen molar-refractivity contribution >= 4 is 39.3 Å². The van der Waals surface area contributed by atoms with Gasteiger partial charge >= 0.3 is 11.9 Å². The van der Waals surface area contributed by atoms with E-state index < -0.39 is 56.7 Å². The van der Waals surface area contributed by atoms with Crippen LogP contribution in [0.1, 0.15) is 54.5 Å². The maximum atomic E-state index is 13.5. The molecule has 3 atom stereocenters. The Bertz CT molecular complexity index is 1500. The predicted octanol–water partition coefficient (Wildman–Crippen LogP) is 4.05. The molecule has 0 saturated carbocycles. The summed E-state index contributed by atoms with van der Waals surface area (Å²) in [5.74, 6) is -2.52. The van der Waals surface area contributed by atoms with Crippen LogP contribution in [0.4, 0.5) is 14.5 Å². The summed E-state index contributed by atoms with van der Waals surface area (Å²) >= 11 is 6.08. The molecule has 1 aromatic heterocycles. The Kier molecular flexibility index (Phi) is 12.0. The molecule has 1 heterocycles. The fraction of sp³-hybridized carbons (Fsp3) is 0.357. The van der Waals surface area contributed by atoms with E-state index in [-0.39, 0.29) is 54.4 Å². The van der Waals surface area contributed by atoms with Crippen molar-refractivity contribution in [3.8, 4) is 0 Å². The van der Waals surface area contributed by atoms with Crippen LogP contribution in [-0.4, -0.2) is 50.8 Å². The van der Waals surface area contributed by atoms with E-state index in [2.05, 4.69) is 10.6 Å². The zero-order valence-electron chi connectivity index (χ0n) is 23.3. The summed E-state index contributed by atoms with van der Waals surface area (Å²) in [6.07, 6.45) is 0.278. The van der Waals surface area contributed by atoms with E-state index in [1.165, 1.54) is 12.3 Å². The number of esters is 2. The predicted molar refractivity (Wildman–Crippen MR) is 153 cm³/mol. The molecule has 234 valence electrons. The quantitative estimate of drug-likeness (QED) is 0.140. The van der Waals surface area contributed by atoms with Crippen LogP contribution in [0.2, 0.25) is 5.02 Å². The Morgan fingerprint density at radius 1 is 1.12 bits per heavy atom. The van der Waals surface area contributed by atoms with E-state index >= 15 is 0 Å². The molecule has 0 bridgehead atoms. The highest BCUT2D eigenvalue weighted by molar-refractivity contribution is 7.89. The van der Waals surface area contributed by atoms with Gasteiger partial charge in [0.15, 0.2) is 0 Å². The lowest BCUT2D eigenvalue weighted by molar-refractivity contribution is -0.144. The molecule has 0 aliphatic heterocycles. The first-order valence-corrected chi connectivity index (χ1v) is 15.0. The number of benzene rings is 2. The highest BCUT2D eigenvalue weighted by atomic mass is 35.5. The fourth-order valence-corrected chi connectivity index (χ4v) is 5.15. The first kappa shape index (κ1) is 33.9. The third kappa shape index (κ3) is 10.3. The highest BCUT2D eigenvalue weighted by Crippen LogP contribution is 2.29. The fourth-order valence-electron chi connectivity index (χ4n) is 4.05. The van der Waals surface area contributed by atoms with Gasteiger partial charge in [-0.05, 0) is 62.2 Å². The molecule has 43 heavy (non-hydrogen) atoms. The van der Waals surface area contributed by atoms with E-state index in [0.29, 0.717) is 11.8 Å². The first-order valence-electron chi connectivity index (χ1n) is 13.1. The van der Waals surface area contributed by atoms with Crippen molar-refractivity contribution in [1.82, 2.24) is 5.32 Å². The van der Waals surface area contributed by atoms with Crippen LogP contribution in [-0.2, 0) is 30.8 Å². The number of nitrogens with two attached hydrogens (primary N) is 1. The molecule has 0 radical (unpaired) electrons. The van der Waals surface area contributed by atoms with Gasteiger partial charge in [-0.2, -0.15) is 0 Å². The number of halogens is 3. The van der Waals surface area contributed by atoms with Crippen molar-refractivity contribution in [2.75, 3.05) is 18.5 Å². The van der Waals surface area contributed by atoms with Gasteiger partial charge in [0.05, 0.1) is 41.8 Å². The number of hydrogen-bond donors (Lipinski definition) is 4. The average molecular weight is 644 g/mol. The number of anilines is 1. The molecule has 1 unspecified atom stereocenters. The van der Waals surface area contributed by atoms with Crippen LogP contribution in [0.15, 0.2) is 58.0 Å². The van der Waals surface area contributed by atoms with Crippen LogP contribution in [0.3, 0.4) is 0 Å². The lowest BCUT2D eigenvalue weighted by atomic mass is 10.0. The Morgan fingerprint density at radius 3 is 2.44 bits per heavy atom. The first-order chi connectivity index (χ1) is 20.2. The van der Waals surface area contributed by atoms with Gasteiger partial charge in [-0.1, -0.05) is 11.6 Å². The van der Waals surface area contributed by atoms with E-state index in [1.807, 2.05) is 0 Å². The molecular formula is C28H32ClF2N3O8S. The van der Waals surface area contributed by atoms with Crippen LogP contribution >= 0.6 is 11.6 Å². The molecule has 0 spiro atoms. The van der Waals surface area contributed by atoms with E-state index in [9.17, 15) is 31.9 Å². The minimum absolute atomic E-state index is 0.0565. The van der Waals surface area contributed by atoms with E-state index in [1.54, 1.807) is 26.0 Å². The van der Waals surface area contributed by atoms with Crippen LogP contribution < -0.4 is 15.8 Å². The second-order valence-corrected chi connectivity index (χ2v) is 11.7. The summed E-state index contributed by atoms with van der Waals surface area (Å²) in [7, 11) is -4.24. The summed E-state index contributed by atoms with van der Waals surface area (Å²) < 4.78 is 66.5. The molecule has 0 amide bonds. The average Bonchev–Trinajstić information content (AvgIpc) is 3.45. The van der Waals surface area contributed by atoms with Gasteiger partial charge in [-0.25, -0.2) is 27.1 Å². The van der Waals surface area contributed by atoms with Gasteiger partial charge in [-0.15, -0.1) is 0 Å². The smallest absolute Gasteiger partial charge is 0.340 e. The molecule has 15 heteroatoms. The number of rotatable bonds is 15. The molecule has 0 saturated heterocycles. The molecule has 5 N–H and O–H groups in total. The second kappa shape index (κ2) is 15.3. The number of hydrogen-bond acceptors (Lipinski definition) is 10. The number of aliphatic hydroxyl groups is 1. The van der Waals surface area contributed by atoms with E-state index in [0.717, 1.165) is 18.2 Å². The van der Waals surface area contributed by atoms with Gasteiger partial charge in [0.2, 0.25) is 10.0 Å². The number of ether oxygens (including phenoxy) is 2. The SMILES string of the molecule is CC(COC(=O)CCCOC(=O)c1cc(S(N)(=O)=O)c(Cl)cc1NCc1ccco1)N[C@H](C)[C@@H](O)c1cc(F)cc(F)c1. The van der Waals surface area contributed by atoms with Crippen LogP contribution in [0, 0.1) is 11.6 Å². The third-order valence-corrected chi connectivity index (χ3v) is 7.51. The van der Waals surface area contributed by atoms with Crippen molar-refractivity contribution in [2.45, 2.75) is 56.3 Å². The zero-order chi connectivity index (χ0) is 31.7. The van der Waals surface area contributed by atoms with Crippen molar-refractivity contribution < 1.29 is 45.8 Å². The Labute approximate surface area is 252 Å². The Balaban J connectivity index is 1.47. The van der Waals surface area contributed by atoms with Crippen molar-refractivity contribution in [1.29, 1.82) is 0 Å². The molecule has 0 fully saturated rings. The van der Waals surface area contributed by atoms with Gasteiger partial charge in [0, 0.05) is 24.6 Å². The number of carbonyl (C=O) groups excluding carboxylic acids is 2. The minimum atomic E-state index is -4.24. The maximum absolute atomic E-state index is 13.5. The lowest BCUT2D eigenvalue weighted by Crippen LogP contribution is -2.41. The molecule has 0 aliphatic rings. The molecule has 11 nitrogen and oxygen atoms in total. The number of aliphatic hydroxyl groups excluding tert-OH is 1. The zero-order valence-corrected chi connectivity index (χ0v) is 24.9. The van der Waals surface area contributed by atoms with Crippen LogP contribution in [0.25, 0.3) is 0 Å². The number of primary sulfonamides is 1. The van der Waals surface area contributed by atoms with Gasteiger partial charge in [0.25, 0.3) is 0 Å². The van der Waals surface area contributed by atoms with Gasteiger partial charge < -0.3 is 29.6 Å². The minimum Gasteiger partial charge on any atom is -0.467 e. The number of sulfonamides is 1. The highest BCUT2D eigenvalue weighted by Gasteiger charge is 2.23. The van der Waals surface area contributed by atoms with Crippen LogP contribution in [0.5, 0.6) is 0 Å². The summed E-state index contributed by atoms with van der Waals surface area (Å²) in [5, 5.41) is 21.4. The number of furan rings is 1. The topological polar surface area (TPSA) is 170 Å². The summed E-state index contributed by atoms with van der Waals surface area (Å²) in [5.41, 5.74) is 0.109. The summed E-state index contributed by atoms with van der Waals surface area (Å²) in [6.45, 7) is 3.24. The van der Waals surface area contributed by atoms with Crippen molar-refractivity contribution in [2.24, 2.45) is 5.14 Å². The summed E-state index contributed by atoms with van der Waals surface area (Å²) in [4.78, 5) is 24.6. The Hall–Kier alpha value is -3.56. The standard InChI is InChI=1S/C28H32ClF2N3O8S/c1-16(34-17(2)27(36)18-9-19(30)11-20(31)10-18)15-42-26(35)6-4-8-41-28(37)22-12-25(43(32,38)39)23(29)13-24(22)33-14-21-5-3-7-40-21/h3,5,7,9-13,16-17,27,33-34,36H,4,6,8,14-15H2,1-2H3,(H2,32,38,39)/t16?,17-,27-/m1/s1. The van der Waals surface area contributed by atoms with Crippen molar-refractivity contribution in [3.63, 3.8) is 0 Å². The van der Waals surface area contributed by atoms with Gasteiger partial charge in [-0.3, -0.25) is 4.79 Å². The number of carbonyl (C=O) groups is 2. The molecule has 0 aliphatic carbocycles. The molecule has 2 aromatic carbocycles. The molecule has 3 aromatic rings. The lowest BCUT2D eigenvalue weighted by Gasteiger charge is -2.24. The molecule has 3 rings (SSSR count). The number of nitrogens with one attached hydrogen (secondary N) is 2. The normalized spacial score (nSPS) is 13.7.